The smallest absolute Gasteiger partial charge is 0.0923 e. The van der Waals surface area contributed by atoms with Crippen LogP contribution >= 0.6 is 0 Å². The fourth-order valence-electron chi connectivity index (χ4n) is 3.05. The molecule has 0 radical (unpaired) electrons. The lowest BCUT2D eigenvalue weighted by atomic mass is 9.80. The van der Waals surface area contributed by atoms with Gasteiger partial charge in [-0.2, -0.15) is 0 Å². The van der Waals surface area contributed by atoms with E-state index in [1.165, 1.54) is 6.42 Å². The second-order valence-corrected chi connectivity index (χ2v) is 7.17. The molecule has 1 saturated carbocycles. The SMILES string of the molecule is CC(C)(C)C1CCN(CC(O)(CN)C2CC2)C1. The fourth-order valence-corrected chi connectivity index (χ4v) is 3.05. The maximum Gasteiger partial charge on any atom is 0.0923 e. The number of nitrogens with two attached hydrogens (primary N) is 1. The van der Waals surface area contributed by atoms with Gasteiger partial charge in [-0.15, -0.1) is 0 Å². The van der Waals surface area contributed by atoms with Gasteiger partial charge in [0.15, 0.2) is 0 Å². The van der Waals surface area contributed by atoms with Crippen molar-refractivity contribution in [2.45, 2.75) is 45.6 Å². The molecular weight excluding hydrogens is 212 g/mol. The lowest BCUT2D eigenvalue weighted by molar-refractivity contribution is -0.00462. The second kappa shape index (κ2) is 4.52. The van der Waals surface area contributed by atoms with Gasteiger partial charge in [-0.25, -0.2) is 0 Å². The molecule has 100 valence electrons. The predicted molar refractivity (Wildman–Crippen MR) is 70.7 cm³/mol. The summed E-state index contributed by atoms with van der Waals surface area (Å²) in [7, 11) is 0. The third-order valence-corrected chi connectivity index (χ3v) is 4.69. The molecule has 2 unspecified atom stereocenters. The average molecular weight is 240 g/mol. The molecule has 17 heavy (non-hydrogen) atoms. The Morgan fingerprint density at radius 3 is 2.24 bits per heavy atom. The summed E-state index contributed by atoms with van der Waals surface area (Å²) >= 11 is 0. The zero-order chi connectivity index (χ0) is 12.7. The molecule has 0 spiro atoms. The van der Waals surface area contributed by atoms with Crippen LogP contribution in [-0.2, 0) is 0 Å². The van der Waals surface area contributed by atoms with Gasteiger partial charge in [-0.05, 0) is 43.1 Å². The largest absolute Gasteiger partial charge is 0.387 e. The van der Waals surface area contributed by atoms with Crippen molar-refractivity contribution in [1.29, 1.82) is 0 Å². The molecule has 1 heterocycles. The minimum atomic E-state index is -0.618. The van der Waals surface area contributed by atoms with Crippen molar-refractivity contribution in [3.05, 3.63) is 0 Å². The van der Waals surface area contributed by atoms with Gasteiger partial charge in [-0.1, -0.05) is 20.8 Å². The van der Waals surface area contributed by atoms with Crippen LogP contribution in [0.5, 0.6) is 0 Å². The third-order valence-electron chi connectivity index (χ3n) is 4.69. The van der Waals surface area contributed by atoms with Crippen LogP contribution in [0.3, 0.4) is 0 Å². The molecule has 0 aromatic rings. The van der Waals surface area contributed by atoms with Gasteiger partial charge in [-0.3, -0.25) is 0 Å². The number of rotatable bonds is 4. The Kier molecular flexibility index (Phi) is 3.54. The number of β-amino-alcohol motifs (C(OH)–C–C–N with tert-alkyl or cyclic N) is 1. The maximum atomic E-state index is 10.5. The molecule has 2 fully saturated rings. The Morgan fingerprint density at radius 2 is 1.82 bits per heavy atom. The summed E-state index contributed by atoms with van der Waals surface area (Å²) in [6, 6.07) is 0. The first-order valence-electron chi connectivity index (χ1n) is 7.00. The van der Waals surface area contributed by atoms with Crippen molar-refractivity contribution in [2.24, 2.45) is 23.0 Å². The number of likely N-dealkylation sites (tertiary alicyclic amines) is 1. The molecule has 3 N–H and O–H groups in total. The molecule has 0 aromatic carbocycles. The van der Waals surface area contributed by atoms with Crippen LogP contribution < -0.4 is 5.73 Å². The zero-order valence-corrected chi connectivity index (χ0v) is 11.6. The highest BCUT2D eigenvalue weighted by Crippen LogP contribution is 2.41. The maximum absolute atomic E-state index is 10.5. The van der Waals surface area contributed by atoms with Crippen LogP contribution in [-0.4, -0.2) is 41.8 Å². The molecule has 0 bridgehead atoms. The van der Waals surface area contributed by atoms with Crippen LogP contribution in [0.25, 0.3) is 0 Å². The van der Waals surface area contributed by atoms with Gasteiger partial charge in [0, 0.05) is 19.6 Å². The van der Waals surface area contributed by atoms with E-state index in [2.05, 4.69) is 25.7 Å². The van der Waals surface area contributed by atoms with Gasteiger partial charge < -0.3 is 15.7 Å². The van der Waals surface area contributed by atoms with E-state index in [0.29, 0.717) is 17.9 Å². The Bertz CT molecular complexity index is 270. The molecule has 0 aromatic heterocycles. The fraction of sp³-hybridized carbons (Fsp3) is 1.00. The number of hydrogen-bond donors (Lipinski definition) is 2. The van der Waals surface area contributed by atoms with E-state index >= 15 is 0 Å². The highest BCUT2D eigenvalue weighted by atomic mass is 16.3. The van der Waals surface area contributed by atoms with Crippen LogP contribution in [0.2, 0.25) is 0 Å². The molecule has 3 nitrogen and oxygen atoms in total. The standard InChI is InChI=1S/C14H28N2O/c1-13(2,3)12-6-7-16(8-12)10-14(17,9-15)11-4-5-11/h11-12,17H,4-10,15H2,1-3H3. The lowest BCUT2D eigenvalue weighted by Crippen LogP contribution is -2.49. The van der Waals surface area contributed by atoms with Crippen molar-refractivity contribution in [1.82, 2.24) is 4.90 Å². The molecule has 1 saturated heterocycles. The summed E-state index contributed by atoms with van der Waals surface area (Å²) in [4.78, 5) is 2.42. The second-order valence-electron chi connectivity index (χ2n) is 7.17. The summed E-state index contributed by atoms with van der Waals surface area (Å²) < 4.78 is 0. The molecule has 2 rings (SSSR count). The molecule has 2 atom stereocenters. The van der Waals surface area contributed by atoms with Crippen molar-refractivity contribution in [3.63, 3.8) is 0 Å². The first kappa shape index (κ1) is 13.3. The summed E-state index contributed by atoms with van der Waals surface area (Å²) in [5.41, 5.74) is 5.54. The number of hydrogen-bond acceptors (Lipinski definition) is 3. The minimum Gasteiger partial charge on any atom is -0.387 e. The highest BCUT2D eigenvalue weighted by Gasteiger charge is 2.45. The topological polar surface area (TPSA) is 49.5 Å². The van der Waals surface area contributed by atoms with Crippen molar-refractivity contribution < 1.29 is 5.11 Å². The summed E-state index contributed by atoms with van der Waals surface area (Å²) in [5, 5.41) is 10.5. The van der Waals surface area contributed by atoms with Crippen LogP contribution in [0.1, 0.15) is 40.0 Å². The van der Waals surface area contributed by atoms with Gasteiger partial charge in [0.2, 0.25) is 0 Å². The van der Waals surface area contributed by atoms with Crippen LogP contribution in [0, 0.1) is 17.3 Å². The molecule has 1 aliphatic carbocycles. The van der Waals surface area contributed by atoms with Crippen molar-refractivity contribution in [3.8, 4) is 0 Å². The van der Waals surface area contributed by atoms with Crippen LogP contribution in [0.4, 0.5) is 0 Å². The monoisotopic (exact) mass is 240 g/mol. The summed E-state index contributed by atoms with van der Waals surface area (Å²) in [5.74, 6) is 1.21. The van der Waals surface area contributed by atoms with Gasteiger partial charge in [0.05, 0.1) is 5.60 Å². The predicted octanol–water partition coefficient (Wildman–Crippen LogP) is 1.45. The third kappa shape index (κ3) is 3.01. The highest BCUT2D eigenvalue weighted by molar-refractivity contribution is 4.99. The lowest BCUT2D eigenvalue weighted by Gasteiger charge is -2.33. The van der Waals surface area contributed by atoms with E-state index in [-0.39, 0.29) is 0 Å². The molecular formula is C14H28N2O. The first-order valence-corrected chi connectivity index (χ1v) is 7.00. The number of nitrogens with zero attached hydrogens (tertiary/aromatic N) is 1. The minimum absolute atomic E-state index is 0.384. The number of aliphatic hydroxyl groups is 1. The van der Waals surface area contributed by atoms with E-state index in [4.69, 9.17) is 5.73 Å². The van der Waals surface area contributed by atoms with E-state index < -0.39 is 5.60 Å². The Labute approximate surface area is 105 Å². The molecule has 0 amide bonds. The van der Waals surface area contributed by atoms with E-state index in [9.17, 15) is 5.11 Å². The molecule has 3 heteroatoms. The Balaban J connectivity index is 1.88. The van der Waals surface area contributed by atoms with E-state index in [0.717, 1.165) is 38.4 Å². The van der Waals surface area contributed by atoms with Gasteiger partial charge >= 0.3 is 0 Å². The molecule has 2 aliphatic rings. The normalized spacial score (nSPS) is 30.5. The van der Waals surface area contributed by atoms with E-state index in [1.54, 1.807) is 0 Å². The summed E-state index contributed by atoms with van der Waals surface area (Å²) in [6.07, 6.45) is 3.57. The van der Waals surface area contributed by atoms with E-state index in [1.807, 2.05) is 0 Å². The Hall–Kier alpha value is -0.120. The summed E-state index contributed by atoms with van der Waals surface area (Å²) in [6.45, 7) is 10.4. The average Bonchev–Trinajstić information content (AvgIpc) is 2.99. The van der Waals surface area contributed by atoms with Gasteiger partial charge in [0.1, 0.15) is 0 Å². The van der Waals surface area contributed by atoms with Crippen LogP contribution in [0.15, 0.2) is 0 Å². The molecule has 1 aliphatic heterocycles. The van der Waals surface area contributed by atoms with Crippen molar-refractivity contribution in [2.75, 3.05) is 26.2 Å². The zero-order valence-electron chi connectivity index (χ0n) is 11.6. The Morgan fingerprint density at radius 1 is 1.18 bits per heavy atom. The quantitative estimate of drug-likeness (QED) is 0.782. The first-order chi connectivity index (χ1) is 7.85. The van der Waals surface area contributed by atoms with Crippen molar-refractivity contribution >= 4 is 0 Å². The van der Waals surface area contributed by atoms with Gasteiger partial charge in [0.25, 0.3) is 0 Å².